The number of nitrogens with one attached hydrogen (secondary N) is 3. The van der Waals surface area contributed by atoms with E-state index >= 15 is 0 Å². The average molecular weight is 489 g/mol. The van der Waals surface area contributed by atoms with E-state index in [0.29, 0.717) is 22.8 Å². The van der Waals surface area contributed by atoms with Gasteiger partial charge in [0.05, 0.1) is 5.69 Å². The number of hydrogen-bond donors (Lipinski definition) is 3. The normalized spacial score (nSPS) is 11.5. The fourth-order valence-electron chi connectivity index (χ4n) is 3.28. The van der Waals surface area contributed by atoms with Crippen LogP contribution in [-0.2, 0) is 17.9 Å². The van der Waals surface area contributed by atoms with Crippen molar-refractivity contribution in [2.75, 3.05) is 16.3 Å². The molecule has 1 atom stereocenters. The second-order valence-corrected chi connectivity index (χ2v) is 9.40. The summed E-state index contributed by atoms with van der Waals surface area (Å²) in [5, 5.41) is 5.58. The van der Waals surface area contributed by atoms with Gasteiger partial charge in [0.25, 0.3) is 0 Å². The van der Waals surface area contributed by atoms with Gasteiger partial charge in [0.1, 0.15) is 11.4 Å². The lowest BCUT2D eigenvalue weighted by atomic mass is 10.1. The first-order chi connectivity index (χ1) is 16.6. The second kappa shape index (κ2) is 11.6. The van der Waals surface area contributed by atoms with Crippen LogP contribution in [-0.4, -0.2) is 21.8 Å². The van der Waals surface area contributed by atoms with Crippen LogP contribution in [0.25, 0.3) is 11.1 Å². The molecule has 6 nitrogen and oxygen atoms in total. The van der Waals surface area contributed by atoms with E-state index in [1.165, 1.54) is 4.90 Å². The van der Waals surface area contributed by atoms with Crippen molar-refractivity contribution in [1.82, 2.24) is 10.3 Å². The summed E-state index contributed by atoms with van der Waals surface area (Å²) in [5.74, 6) is 0. The number of thioether (sulfide) groups is 1. The molecule has 0 spiro atoms. The molecule has 0 saturated carbocycles. The summed E-state index contributed by atoms with van der Waals surface area (Å²) in [7, 11) is 0. The Balaban J connectivity index is 1.37. The zero-order valence-corrected chi connectivity index (χ0v) is 20.2. The van der Waals surface area contributed by atoms with Gasteiger partial charge < -0.3 is 15.2 Å². The smallest absolute Gasteiger partial charge is 0.319 e. The maximum Gasteiger partial charge on any atom is 0.319 e. The van der Waals surface area contributed by atoms with Crippen LogP contribution in [0.5, 0.6) is 0 Å². The molecule has 0 aliphatic heterocycles. The first kappa shape index (κ1) is 23.7. The highest BCUT2D eigenvalue weighted by Crippen LogP contribution is 2.30. The summed E-state index contributed by atoms with van der Waals surface area (Å²) >= 11 is 0.230. The topological polar surface area (TPSA) is 89.1 Å². The molecule has 0 radical (unpaired) electrons. The maximum atomic E-state index is 13.1. The molecule has 3 N–H and O–H groups in total. The molecule has 4 aromatic rings. The number of benzene rings is 3. The van der Waals surface area contributed by atoms with Gasteiger partial charge in [-0.05, 0) is 72.0 Å². The maximum absolute atomic E-state index is 13.1. The van der Waals surface area contributed by atoms with Crippen LogP contribution in [0.2, 0.25) is 0 Å². The van der Waals surface area contributed by atoms with Crippen molar-refractivity contribution in [3.63, 3.8) is 0 Å². The molecule has 0 aliphatic carbocycles. The summed E-state index contributed by atoms with van der Waals surface area (Å²) in [5.41, 5.74) is 4.17. The average Bonchev–Trinajstić information content (AvgIpc) is 2.89. The van der Waals surface area contributed by atoms with Gasteiger partial charge in [-0.25, -0.2) is 9.52 Å². The van der Waals surface area contributed by atoms with Crippen molar-refractivity contribution in [3.05, 3.63) is 103 Å². The molecule has 0 bridgehead atoms. The van der Waals surface area contributed by atoms with Crippen molar-refractivity contribution in [2.45, 2.75) is 16.3 Å². The summed E-state index contributed by atoms with van der Waals surface area (Å²) in [6.07, 6.45) is 5.43. The minimum absolute atomic E-state index is 0.311. The highest BCUT2D eigenvalue weighted by atomic mass is 32.2. The van der Waals surface area contributed by atoms with Gasteiger partial charge in [-0.2, -0.15) is 0 Å². The molecular formula is C26H24N4O2S2. The van der Waals surface area contributed by atoms with E-state index in [1.807, 2.05) is 54.8 Å². The Morgan fingerprint density at radius 1 is 0.941 bits per heavy atom. The Morgan fingerprint density at radius 3 is 2.38 bits per heavy atom. The first-order valence-electron chi connectivity index (χ1n) is 10.6. The quantitative estimate of drug-likeness (QED) is 0.211. The molecule has 1 unspecified atom stereocenters. The third-order valence-corrected chi connectivity index (χ3v) is 6.94. The fourth-order valence-corrected chi connectivity index (χ4v) is 4.74. The molecule has 0 fully saturated rings. The number of rotatable bonds is 8. The molecule has 172 valence electrons. The van der Waals surface area contributed by atoms with Gasteiger partial charge in [-0.15, -0.1) is 11.8 Å². The lowest BCUT2D eigenvalue weighted by Gasteiger charge is -2.15. The van der Waals surface area contributed by atoms with Crippen LogP contribution >= 0.6 is 11.8 Å². The van der Waals surface area contributed by atoms with Crippen LogP contribution in [0.3, 0.4) is 0 Å². The summed E-state index contributed by atoms with van der Waals surface area (Å²) in [6.45, 7) is 0.387. The van der Waals surface area contributed by atoms with Crippen molar-refractivity contribution in [3.8, 4) is 11.1 Å². The highest BCUT2D eigenvalue weighted by Gasteiger charge is 2.18. The Hall–Kier alpha value is -3.46. The van der Waals surface area contributed by atoms with Crippen molar-refractivity contribution in [2.24, 2.45) is 0 Å². The minimum atomic E-state index is -1.46. The van der Waals surface area contributed by atoms with E-state index in [2.05, 4.69) is 32.5 Å². The summed E-state index contributed by atoms with van der Waals surface area (Å²) < 4.78 is 16.2. The molecule has 1 aromatic heterocycles. The van der Waals surface area contributed by atoms with E-state index in [-0.39, 0.29) is 6.03 Å². The van der Waals surface area contributed by atoms with Crippen LogP contribution in [0.1, 0.15) is 5.56 Å². The standard InChI is InChI=1S/C26H24N4O2S2/c1-33-23-14-8-20(9-15-23)24-6-2-3-7-25(24)34(32)30-22-12-10-21(11-13-22)29-26(31)28-18-19-5-4-16-27-17-19/h2-17,30H,18H2,1H3,(H2,28,29,31). The number of anilines is 2. The van der Waals surface area contributed by atoms with Crippen molar-refractivity contribution < 1.29 is 9.35 Å². The highest BCUT2D eigenvalue weighted by molar-refractivity contribution is 7.98. The molecule has 0 aliphatic rings. The van der Waals surface area contributed by atoms with Crippen LogP contribution in [0, 0.1) is 0 Å². The lowest BCUT2D eigenvalue weighted by Crippen LogP contribution is -2.28. The van der Waals surface area contributed by atoms with Gasteiger partial charge in [-0.3, -0.25) is 4.98 Å². The fraction of sp³-hybridized carbons (Fsp3) is 0.0769. The number of nitrogens with zero attached hydrogens (tertiary/aromatic N) is 1. The number of carbonyl (C=O) groups excluding carboxylic acids is 1. The third-order valence-electron chi connectivity index (χ3n) is 5.02. The van der Waals surface area contributed by atoms with E-state index in [4.69, 9.17) is 0 Å². The molecule has 8 heteroatoms. The van der Waals surface area contributed by atoms with Gasteiger partial charge in [0, 0.05) is 35.1 Å². The van der Waals surface area contributed by atoms with Crippen LogP contribution in [0.15, 0.2) is 107 Å². The molecule has 34 heavy (non-hydrogen) atoms. The Bertz CT molecular complexity index is 1220. The number of urea groups is 1. The van der Waals surface area contributed by atoms with Gasteiger partial charge >= 0.3 is 6.03 Å². The molecule has 0 saturated heterocycles. The number of pyridine rings is 1. The van der Waals surface area contributed by atoms with E-state index in [1.54, 1.807) is 48.4 Å². The number of amides is 2. The molecule has 2 amide bonds. The SMILES string of the molecule is CSc1ccc(-c2ccccc2[S+]([O-])Nc2ccc(NC(=O)NCc3cccnc3)cc2)cc1. The van der Waals surface area contributed by atoms with Gasteiger partial charge in [-0.1, -0.05) is 30.3 Å². The third kappa shape index (κ3) is 6.32. The predicted molar refractivity (Wildman–Crippen MR) is 140 cm³/mol. The zero-order valence-electron chi connectivity index (χ0n) is 18.5. The largest absolute Gasteiger partial charge is 0.588 e. The number of aromatic nitrogens is 1. The number of hydrogen-bond acceptors (Lipinski definition) is 5. The van der Waals surface area contributed by atoms with Crippen molar-refractivity contribution >= 4 is 40.5 Å². The zero-order chi connectivity index (χ0) is 23.8. The van der Waals surface area contributed by atoms with E-state index < -0.39 is 11.4 Å². The van der Waals surface area contributed by atoms with Crippen LogP contribution in [0.4, 0.5) is 16.2 Å². The van der Waals surface area contributed by atoms with E-state index in [9.17, 15) is 9.35 Å². The molecular weight excluding hydrogens is 464 g/mol. The van der Waals surface area contributed by atoms with Crippen molar-refractivity contribution in [1.29, 1.82) is 0 Å². The second-order valence-electron chi connectivity index (χ2n) is 7.34. The van der Waals surface area contributed by atoms with Crippen LogP contribution < -0.4 is 15.4 Å². The first-order valence-corrected chi connectivity index (χ1v) is 13.0. The Morgan fingerprint density at radius 2 is 1.68 bits per heavy atom. The molecule has 1 heterocycles. The summed E-state index contributed by atoms with van der Waals surface area (Å²) in [6, 6.07) is 26.4. The monoisotopic (exact) mass is 488 g/mol. The van der Waals surface area contributed by atoms with E-state index in [0.717, 1.165) is 16.7 Å². The molecule has 4 rings (SSSR count). The minimum Gasteiger partial charge on any atom is -0.588 e. The van der Waals surface area contributed by atoms with Gasteiger partial charge in [0.2, 0.25) is 0 Å². The number of carbonyl (C=O) groups is 1. The molecule has 3 aromatic carbocycles. The van der Waals surface area contributed by atoms with Gasteiger partial charge in [0.15, 0.2) is 4.90 Å². The lowest BCUT2D eigenvalue weighted by molar-refractivity contribution is 0.251. The Labute approximate surface area is 206 Å². The predicted octanol–water partition coefficient (Wildman–Crippen LogP) is 5.93. The summed E-state index contributed by atoms with van der Waals surface area (Å²) in [4.78, 5) is 18.1. The Kier molecular flexibility index (Phi) is 8.08.